The zero-order chi connectivity index (χ0) is 25.2. The predicted octanol–water partition coefficient (Wildman–Crippen LogP) is 5.30. The second kappa shape index (κ2) is 9.75. The van der Waals surface area contributed by atoms with Crippen LogP contribution in [0.25, 0.3) is 10.6 Å². The summed E-state index contributed by atoms with van der Waals surface area (Å²) < 4.78 is 5.23. The van der Waals surface area contributed by atoms with Crippen molar-refractivity contribution < 1.29 is 19.4 Å². The normalized spacial score (nSPS) is 15.4. The van der Waals surface area contributed by atoms with Crippen LogP contribution in [0.4, 0.5) is 0 Å². The van der Waals surface area contributed by atoms with Crippen LogP contribution in [0.15, 0.2) is 90.5 Å². The number of carbonyl (C=O) groups excluding carboxylic acids is 2. The number of amides is 1. The van der Waals surface area contributed by atoms with Crippen LogP contribution >= 0.6 is 11.3 Å². The van der Waals surface area contributed by atoms with Crippen LogP contribution in [0.1, 0.15) is 32.5 Å². The molecule has 1 atom stereocenters. The second-order valence-corrected chi connectivity index (χ2v) is 9.35. The molecule has 4 aromatic rings. The first-order chi connectivity index (χ1) is 17.5. The molecule has 180 valence electrons. The van der Waals surface area contributed by atoms with E-state index in [1.165, 1.54) is 16.2 Å². The SMILES string of the molecule is COc1ccc(CN2C(=O)C(O)=C(C(=O)c3sc(-c4ccccc4)nc3C)C2c2ccncc2)cc1. The van der Waals surface area contributed by atoms with E-state index in [-0.39, 0.29) is 12.1 Å². The Morgan fingerprint density at radius 2 is 1.75 bits per heavy atom. The fourth-order valence-corrected chi connectivity index (χ4v) is 5.33. The topological polar surface area (TPSA) is 92.6 Å². The molecular weight excluding hydrogens is 474 g/mol. The van der Waals surface area contributed by atoms with Crippen LogP contribution in [0.5, 0.6) is 5.75 Å². The summed E-state index contributed by atoms with van der Waals surface area (Å²) in [5, 5.41) is 11.7. The Labute approximate surface area is 212 Å². The van der Waals surface area contributed by atoms with Gasteiger partial charge in [-0.15, -0.1) is 11.3 Å². The molecule has 1 amide bonds. The number of benzene rings is 2. The van der Waals surface area contributed by atoms with Gasteiger partial charge in [0.2, 0.25) is 5.78 Å². The number of aryl methyl sites for hydroxylation is 1. The Kier molecular flexibility index (Phi) is 6.35. The van der Waals surface area contributed by atoms with Crippen molar-refractivity contribution in [3.63, 3.8) is 0 Å². The van der Waals surface area contributed by atoms with Crippen molar-refractivity contribution in [1.82, 2.24) is 14.9 Å². The number of Topliss-reactive ketones (excluding diaryl/α,β-unsaturated/α-hetero) is 1. The highest BCUT2D eigenvalue weighted by molar-refractivity contribution is 7.17. The van der Waals surface area contributed by atoms with Crippen LogP contribution in [0.2, 0.25) is 0 Å². The van der Waals surface area contributed by atoms with Crippen molar-refractivity contribution in [2.24, 2.45) is 0 Å². The van der Waals surface area contributed by atoms with Gasteiger partial charge in [0, 0.05) is 24.5 Å². The Morgan fingerprint density at radius 1 is 1.06 bits per heavy atom. The number of aliphatic hydroxyl groups excluding tert-OH is 1. The van der Waals surface area contributed by atoms with Crippen LogP contribution in [-0.4, -0.2) is 38.8 Å². The lowest BCUT2D eigenvalue weighted by atomic mass is 9.95. The van der Waals surface area contributed by atoms with Gasteiger partial charge < -0.3 is 14.7 Å². The molecule has 7 nitrogen and oxygen atoms in total. The molecule has 1 aliphatic heterocycles. The van der Waals surface area contributed by atoms with Gasteiger partial charge in [0.25, 0.3) is 5.91 Å². The van der Waals surface area contributed by atoms with Gasteiger partial charge in [-0.3, -0.25) is 14.6 Å². The Balaban J connectivity index is 1.54. The number of aliphatic hydroxyl groups is 1. The number of rotatable bonds is 7. The largest absolute Gasteiger partial charge is 0.503 e. The zero-order valence-electron chi connectivity index (χ0n) is 19.7. The lowest BCUT2D eigenvalue weighted by Crippen LogP contribution is -2.30. The number of nitrogens with zero attached hydrogens (tertiary/aromatic N) is 3. The number of hydrogen-bond donors (Lipinski definition) is 1. The van der Waals surface area contributed by atoms with E-state index in [0.29, 0.717) is 26.9 Å². The minimum atomic E-state index is -0.767. The number of aromatic nitrogens is 2. The van der Waals surface area contributed by atoms with E-state index in [0.717, 1.165) is 11.1 Å². The van der Waals surface area contributed by atoms with Crippen molar-refractivity contribution in [2.45, 2.75) is 19.5 Å². The van der Waals surface area contributed by atoms with Gasteiger partial charge in [0.05, 0.1) is 29.3 Å². The minimum absolute atomic E-state index is 0.0473. The summed E-state index contributed by atoms with van der Waals surface area (Å²) in [4.78, 5) is 37.7. The zero-order valence-corrected chi connectivity index (χ0v) is 20.5. The van der Waals surface area contributed by atoms with E-state index in [1.807, 2.05) is 54.6 Å². The molecule has 3 heterocycles. The summed E-state index contributed by atoms with van der Waals surface area (Å²) in [5.41, 5.74) is 3.02. The van der Waals surface area contributed by atoms with Crippen molar-refractivity contribution in [3.8, 4) is 16.3 Å². The number of ketones is 1. The summed E-state index contributed by atoms with van der Waals surface area (Å²) in [7, 11) is 1.59. The number of hydrogen-bond acceptors (Lipinski definition) is 7. The summed E-state index contributed by atoms with van der Waals surface area (Å²) >= 11 is 1.26. The Morgan fingerprint density at radius 3 is 2.42 bits per heavy atom. The number of ether oxygens (including phenoxy) is 1. The molecule has 0 saturated carbocycles. The van der Waals surface area contributed by atoms with Crippen molar-refractivity contribution in [1.29, 1.82) is 0 Å². The number of carbonyl (C=O) groups is 2. The predicted molar refractivity (Wildman–Crippen MR) is 137 cm³/mol. The first kappa shape index (κ1) is 23.4. The third-order valence-electron chi connectivity index (χ3n) is 6.11. The smallest absolute Gasteiger partial charge is 0.290 e. The maximum Gasteiger partial charge on any atom is 0.290 e. The first-order valence-electron chi connectivity index (χ1n) is 11.3. The summed E-state index contributed by atoms with van der Waals surface area (Å²) in [5.74, 6) is -0.841. The molecule has 0 radical (unpaired) electrons. The molecule has 0 spiro atoms. The van der Waals surface area contributed by atoms with E-state index < -0.39 is 23.5 Å². The number of methoxy groups -OCH3 is 1. The van der Waals surface area contributed by atoms with Crippen LogP contribution < -0.4 is 4.74 Å². The molecule has 0 aliphatic carbocycles. The number of thiazole rings is 1. The molecular formula is C28H23N3O4S. The quantitative estimate of drug-likeness (QED) is 0.348. The highest BCUT2D eigenvalue weighted by Crippen LogP contribution is 2.41. The average Bonchev–Trinajstić information content (AvgIpc) is 3.43. The molecule has 36 heavy (non-hydrogen) atoms. The highest BCUT2D eigenvalue weighted by Gasteiger charge is 2.44. The monoisotopic (exact) mass is 497 g/mol. The molecule has 1 unspecified atom stereocenters. The maximum atomic E-state index is 13.9. The third-order valence-corrected chi connectivity index (χ3v) is 7.31. The van der Waals surface area contributed by atoms with Gasteiger partial charge in [0.15, 0.2) is 5.76 Å². The minimum Gasteiger partial charge on any atom is -0.503 e. The lowest BCUT2D eigenvalue weighted by molar-refractivity contribution is -0.130. The van der Waals surface area contributed by atoms with Crippen molar-refractivity contribution in [2.75, 3.05) is 7.11 Å². The van der Waals surface area contributed by atoms with E-state index >= 15 is 0 Å². The van der Waals surface area contributed by atoms with Gasteiger partial charge in [-0.2, -0.15) is 0 Å². The lowest BCUT2D eigenvalue weighted by Gasteiger charge is -2.27. The first-order valence-corrected chi connectivity index (χ1v) is 12.1. The molecule has 2 aromatic carbocycles. The number of pyridine rings is 1. The van der Waals surface area contributed by atoms with Crippen molar-refractivity contribution >= 4 is 23.0 Å². The maximum absolute atomic E-state index is 13.9. The second-order valence-electron chi connectivity index (χ2n) is 8.36. The van der Waals surface area contributed by atoms with Gasteiger partial charge in [-0.05, 0) is 42.3 Å². The van der Waals surface area contributed by atoms with Crippen LogP contribution in [0, 0.1) is 6.92 Å². The van der Waals surface area contributed by atoms with Gasteiger partial charge in [0.1, 0.15) is 10.8 Å². The summed E-state index contributed by atoms with van der Waals surface area (Å²) in [6.45, 7) is 1.97. The Bertz CT molecular complexity index is 1450. The molecule has 2 aromatic heterocycles. The molecule has 8 heteroatoms. The Hall–Kier alpha value is -4.30. The van der Waals surface area contributed by atoms with Gasteiger partial charge in [-0.1, -0.05) is 42.5 Å². The van der Waals surface area contributed by atoms with Crippen LogP contribution in [-0.2, 0) is 11.3 Å². The van der Waals surface area contributed by atoms with Gasteiger partial charge >= 0.3 is 0 Å². The fraction of sp³-hybridized carbons (Fsp3) is 0.143. The average molecular weight is 498 g/mol. The van der Waals surface area contributed by atoms with E-state index in [1.54, 1.807) is 38.6 Å². The standard InChI is InChI=1S/C28H23N3O4S/c1-17-26(36-27(30-17)20-6-4-3-5-7-20)24(32)22-23(19-12-14-29-15-13-19)31(28(34)25(22)33)16-18-8-10-21(35-2)11-9-18/h3-15,23,33H,16H2,1-2H3. The summed E-state index contributed by atoms with van der Waals surface area (Å²) in [6.07, 6.45) is 3.21. The van der Waals surface area contributed by atoms with Crippen molar-refractivity contribution in [3.05, 3.63) is 112 Å². The molecule has 0 bridgehead atoms. The summed E-state index contributed by atoms with van der Waals surface area (Å²) in [6, 6.07) is 19.7. The molecule has 1 aliphatic rings. The van der Waals surface area contributed by atoms with Crippen LogP contribution in [0.3, 0.4) is 0 Å². The third kappa shape index (κ3) is 4.27. The molecule has 0 saturated heterocycles. The van der Waals surface area contributed by atoms with E-state index in [2.05, 4.69) is 9.97 Å². The van der Waals surface area contributed by atoms with E-state index in [9.17, 15) is 14.7 Å². The molecule has 0 fully saturated rings. The molecule has 1 N–H and O–H groups in total. The highest BCUT2D eigenvalue weighted by atomic mass is 32.1. The van der Waals surface area contributed by atoms with E-state index in [4.69, 9.17) is 4.74 Å². The molecule has 5 rings (SSSR count). The van der Waals surface area contributed by atoms with Gasteiger partial charge in [-0.25, -0.2) is 4.98 Å². The fourth-order valence-electron chi connectivity index (χ4n) is 4.30.